The van der Waals surface area contributed by atoms with E-state index in [1.165, 1.54) is 44.7 Å². The second kappa shape index (κ2) is 5.02. The van der Waals surface area contributed by atoms with Crippen molar-refractivity contribution < 1.29 is 0 Å². The summed E-state index contributed by atoms with van der Waals surface area (Å²) in [6.45, 7) is 6.41. The van der Waals surface area contributed by atoms with E-state index < -0.39 is 0 Å². The number of nitrogens with two attached hydrogens (primary N) is 1. The van der Waals surface area contributed by atoms with Gasteiger partial charge in [0.1, 0.15) is 5.01 Å². The molecule has 0 radical (unpaired) electrons. The standard InChI is InChI=1S/C12H20N4S/c13-7-12-14-10(9-17-12)8-15-3-5-16(6-4-15)11-1-2-11/h9,11H,1-8,13H2. The molecular weight excluding hydrogens is 232 g/mol. The van der Waals surface area contributed by atoms with Crippen LogP contribution < -0.4 is 5.73 Å². The van der Waals surface area contributed by atoms with E-state index in [2.05, 4.69) is 20.2 Å². The Morgan fingerprint density at radius 2 is 2.06 bits per heavy atom. The van der Waals surface area contributed by atoms with Crippen LogP contribution in [0.4, 0.5) is 0 Å². The first-order valence-electron chi connectivity index (χ1n) is 6.45. The number of rotatable bonds is 4. The molecule has 0 atom stereocenters. The highest BCUT2D eigenvalue weighted by atomic mass is 32.1. The summed E-state index contributed by atoms with van der Waals surface area (Å²) in [4.78, 5) is 9.68. The van der Waals surface area contributed by atoms with E-state index in [1.54, 1.807) is 11.3 Å². The summed E-state index contributed by atoms with van der Waals surface area (Å²) < 4.78 is 0. The van der Waals surface area contributed by atoms with Crippen molar-refractivity contribution in [1.82, 2.24) is 14.8 Å². The molecule has 0 bridgehead atoms. The summed E-state index contributed by atoms with van der Waals surface area (Å²) in [5.41, 5.74) is 6.77. The summed E-state index contributed by atoms with van der Waals surface area (Å²) >= 11 is 1.68. The molecule has 0 aromatic carbocycles. The number of aromatic nitrogens is 1. The molecule has 2 aliphatic rings. The highest BCUT2D eigenvalue weighted by Crippen LogP contribution is 2.27. The van der Waals surface area contributed by atoms with Crippen LogP contribution >= 0.6 is 11.3 Å². The molecule has 5 heteroatoms. The van der Waals surface area contributed by atoms with Gasteiger partial charge in [-0.05, 0) is 12.8 Å². The Hall–Kier alpha value is -0.490. The lowest BCUT2D eigenvalue weighted by Gasteiger charge is -2.34. The Morgan fingerprint density at radius 1 is 1.29 bits per heavy atom. The van der Waals surface area contributed by atoms with Crippen LogP contribution in [-0.4, -0.2) is 47.0 Å². The topological polar surface area (TPSA) is 45.4 Å². The van der Waals surface area contributed by atoms with E-state index in [1.807, 2.05) is 0 Å². The van der Waals surface area contributed by atoms with Crippen LogP contribution in [0.5, 0.6) is 0 Å². The normalized spacial score (nSPS) is 23.1. The van der Waals surface area contributed by atoms with Crippen molar-refractivity contribution in [2.45, 2.75) is 32.0 Å². The molecule has 2 N–H and O–H groups in total. The zero-order chi connectivity index (χ0) is 11.7. The van der Waals surface area contributed by atoms with Crippen LogP contribution in [0.15, 0.2) is 5.38 Å². The molecule has 1 aliphatic carbocycles. The minimum absolute atomic E-state index is 0.570. The molecule has 0 unspecified atom stereocenters. The fourth-order valence-electron chi connectivity index (χ4n) is 2.47. The molecule has 94 valence electrons. The van der Waals surface area contributed by atoms with Gasteiger partial charge >= 0.3 is 0 Å². The summed E-state index contributed by atoms with van der Waals surface area (Å²) in [7, 11) is 0. The van der Waals surface area contributed by atoms with Gasteiger partial charge in [-0.1, -0.05) is 0 Å². The van der Waals surface area contributed by atoms with Crippen molar-refractivity contribution in [1.29, 1.82) is 0 Å². The Bertz CT molecular complexity index is 366. The highest BCUT2D eigenvalue weighted by molar-refractivity contribution is 7.09. The second-order valence-corrected chi connectivity index (χ2v) is 5.92. The lowest BCUT2D eigenvalue weighted by molar-refractivity contribution is 0.120. The maximum atomic E-state index is 5.58. The van der Waals surface area contributed by atoms with Crippen LogP contribution in [0.25, 0.3) is 0 Å². The molecular formula is C12H20N4S. The van der Waals surface area contributed by atoms with Crippen molar-refractivity contribution in [3.63, 3.8) is 0 Å². The minimum atomic E-state index is 0.570. The molecule has 0 amide bonds. The Kier molecular flexibility index (Phi) is 3.42. The molecule has 1 aromatic heterocycles. The van der Waals surface area contributed by atoms with Gasteiger partial charge in [0.2, 0.25) is 0 Å². The largest absolute Gasteiger partial charge is 0.325 e. The van der Waals surface area contributed by atoms with Gasteiger partial charge in [-0.2, -0.15) is 0 Å². The number of hydrogen-bond donors (Lipinski definition) is 1. The van der Waals surface area contributed by atoms with E-state index >= 15 is 0 Å². The first-order chi connectivity index (χ1) is 8.35. The van der Waals surface area contributed by atoms with Gasteiger partial charge in [-0.15, -0.1) is 11.3 Å². The van der Waals surface area contributed by atoms with Gasteiger partial charge in [0.15, 0.2) is 0 Å². The average molecular weight is 252 g/mol. The van der Waals surface area contributed by atoms with Gasteiger partial charge < -0.3 is 5.73 Å². The van der Waals surface area contributed by atoms with E-state index in [0.29, 0.717) is 6.54 Å². The Labute approximate surface area is 106 Å². The highest BCUT2D eigenvalue weighted by Gasteiger charge is 2.31. The monoisotopic (exact) mass is 252 g/mol. The summed E-state index contributed by atoms with van der Waals surface area (Å²) in [6.07, 6.45) is 2.85. The van der Waals surface area contributed by atoms with Crippen LogP contribution in [0.2, 0.25) is 0 Å². The van der Waals surface area contributed by atoms with Crippen LogP contribution in [0.3, 0.4) is 0 Å². The lowest BCUT2D eigenvalue weighted by atomic mass is 10.3. The van der Waals surface area contributed by atoms with E-state index in [-0.39, 0.29) is 0 Å². The van der Waals surface area contributed by atoms with Crippen LogP contribution in [0.1, 0.15) is 23.5 Å². The summed E-state index contributed by atoms with van der Waals surface area (Å²) in [5.74, 6) is 0. The molecule has 2 heterocycles. The van der Waals surface area contributed by atoms with Crippen LogP contribution in [-0.2, 0) is 13.1 Å². The maximum Gasteiger partial charge on any atom is 0.106 e. The zero-order valence-electron chi connectivity index (χ0n) is 10.1. The lowest BCUT2D eigenvalue weighted by Crippen LogP contribution is -2.46. The third kappa shape index (κ3) is 2.85. The molecule has 1 saturated heterocycles. The van der Waals surface area contributed by atoms with Gasteiger partial charge in [-0.3, -0.25) is 9.80 Å². The SMILES string of the molecule is NCc1nc(CN2CCN(C3CC3)CC2)cs1. The molecule has 3 rings (SSSR count). The van der Waals surface area contributed by atoms with E-state index in [0.717, 1.165) is 17.6 Å². The second-order valence-electron chi connectivity index (χ2n) is 4.98. The summed E-state index contributed by atoms with van der Waals surface area (Å²) in [5, 5.41) is 3.20. The first-order valence-corrected chi connectivity index (χ1v) is 7.33. The molecule has 1 aliphatic heterocycles. The smallest absolute Gasteiger partial charge is 0.106 e. The Morgan fingerprint density at radius 3 is 2.65 bits per heavy atom. The maximum absolute atomic E-state index is 5.58. The van der Waals surface area contributed by atoms with Crippen molar-refractivity contribution in [2.75, 3.05) is 26.2 Å². The minimum Gasteiger partial charge on any atom is -0.325 e. The third-order valence-corrected chi connectivity index (χ3v) is 4.55. The van der Waals surface area contributed by atoms with Crippen molar-refractivity contribution in [2.24, 2.45) is 5.73 Å². The van der Waals surface area contributed by atoms with Crippen molar-refractivity contribution in [3.05, 3.63) is 16.1 Å². The van der Waals surface area contributed by atoms with E-state index in [9.17, 15) is 0 Å². The predicted molar refractivity (Wildman–Crippen MR) is 69.9 cm³/mol. The van der Waals surface area contributed by atoms with Crippen molar-refractivity contribution >= 4 is 11.3 Å². The predicted octanol–water partition coefficient (Wildman–Crippen LogP) is 0.882. The Balaban J connectivity index is 1.49. The van der Waals surface area contributed by atoms with Gasteiger partial charge in [0.25, 0.3) is 0 Å². The van der Waals surface area contributed by atoms with Crippen molar-refractivity contribution in [3.8, 4) is 0 Å². The molecule has 1 aromatic rings. The van der Waals surface area contributed by atoms with Gasteiger partial charge in [0.05, 0.1) is 5.69 Å². The summed E-state index contributed by atoms with van der Waals surface area (Å²) in [6, 6.07) is 0.917. The zero-order valence-corrected chi connectivity index (χ0v) is 11.0. The van der Waals surface area contributed by atoms with Crippen LogP contribution in [0, 0.1) is 0 Å². The third-order valence-electron chi connectivity index (χ3n) is 3.63. The molecule has 17 heavy (non-hydrogen) atoms. The molecule has 2 fully saturated rings. The molecule has 4 nitrogen and oxygen atoms in total. The number of hydrogen-bond acceptors (Lipinski definition) is 5. The quantitative estimate of drug-likeness (QED) is 0.864. The average Bonchev–Trinajstić information content (AvgIpc) is 3.11. The first kappa shape index (κ1) is 11.6. The molecule has 0 spiro atoms. The molecule has 1 saturated carbocycles. The van der Waals surface area contributed by atoms with Gasteiger partial charge in [-0.25, -0.2) is 4.98 Å². The fraction of sp³-hybridized carbons (Fsp3) is 0.750. The van der Waals surface area contributed by atoms with Gasteiger partial charge in [0, 0.05) is 50.7 Å². The number of piperazine rings is 1. The number of nitrogens with zero attached hydrogens (tertiary/aromatic N) is 3. The fourth-order valence-corrected chi connectivity index (χ4v) is 3.14. The number of thiazole rings is 1. The van der Waals surface area contributed by atoms with E-state index in [4.69, 9.17) is 5.73 Å².